The van der Waals surface area contributed by atoms with E-state index in [-0.39, 0.29) is 36.5 Å². The molecule has 0 bridgehead atoms. The Kier molecular flexibility index (Phi) is 9.27. The van der Waals surface area contributed by atoms with Crippen LogP contribution in [0.1, 0.15) is 61.9 Å². The maximum Gasteiger partial charge on any atom is 0.416 e. The summed E-state index contributed by atoms with van der Waals surface area (Å²) >= 11 is 0. The van der Waals surface area contributed by atoms with Crippen molar-refractivity contribution in [2.24, 2.45) is 5.92 Å². The van der Waals surface area contributed by atoms with Crippen LogP contribution in [0.3, 0.4) is 0 Å². The van der Waals surface area contributed by atoms with Gasteiger partial charge in [0.1, 0.15) is 0 Å². The number of carbonyl (C=O) groups excluding carboxylic acids is 2. The van der Waals surface area contributed by atoms with E-state index in [4.69, 9.17) is 5.11 Å². The van der Waals surface area contributed by atoms with Crippen molar-refractivity contribution >= 4 is 17.8 Å². The number of carboxylic acids is 1. The van der Waals surface area contributed by atoms with E-state index < -0.39 is 29.5 Å². The van der Waals surface area contributed by atoms with Crippen LogP contribution in [0.5, 0.6) is 0 Å². The summed E-state index contributed by atoms with van der Waals surface area (Å²) in [6.45, 7) is 3.80. The molecule has 1 aromatic rings. The number of rotatable bonds is 9. The minimum atomic E-state index is -4.57. The minimum Gasteiger partial charge on any atom is -0.481 e. The average Bonchev–Trinajstić information content (AvgIpc) is 2.75. The van der Waals surface area contributed by atoms with Crippen molar-refractivity contribution in [3.63, 3.8) is 0 Å². The molecular formula is C23H32F3N3O4. The third-order valence-electron chi connectivity index (χ3n) is 6.28. The smallest absolute Gasteiger partial charge is 0.416 e. The van der Waals surface area contributed by atoms with E-state index in [9.17, 15) is 27.6 Å². The van der Waals surface area contributed by atoms with Gasteiger partial charge in [0.25, 0.3) is 5.91 Å². The van der Waals surface area contributed by atoms with E-state index in [0.29, 0.717) is 18.9 Å². The van der Waals surface area contributed by atoms with Gasteiger partial charge in [-0.15, -0.1) is 0 Å². The topological polar surface area (TPSA) is 98.7 Å². The molecule has 0 aliphatic heterocycles. The van der Waals surface area contributed by atoms with E-state index in [1.54, 1.807) is 0 Å². The summed E-state index contributed by atoms with van der Waals surface area (Å²) in [5.41, 5.74) is -1.13. The van der Waals surface area contributed by atoms with Crippen molar-refractivity contribution in [1.82, 2.24) is 15.5 Å². The van der Waals surface area contributed by atoms with Gasteiger partial charge in [-0.05, 0) is 70.7 Å². The third-order valence-corrected chi connectivity index (χ3v) is 6.28. The molecule has 1 fully saturated rings. The summed E-state index contributed by atoms with van der Waals surface area (Å²) in [7, 11) is 2.03. The monoisotopic (exact) mass is 471 g/mol. The standard InChI is InChI=1S/C23H32F3N3O4/c1-14(2)29(3)18-8-9-19(15(12-18)7-10-21(31)32)28-20(30)13-27-22(33)16-5-4-6-17(11-16)23(24,25)26/h4-6,11,14-15,18-19H,7-10,12-13H2,1-3H3,(H,27,33)(H,28,30)(H,31,32). The molecule has 3 unspecified atom stereocenters. The number of carbonyl (C=O) groups is 3. The predicted molar refractivity (Wildman–Crippen MR) is 117 cm³/mol. The van der Waals surface area contributed by atoms with Gasteiger partial charge >= 0.3 is 12.1 Å². The number of amides is 2. The molecule has 1 aromatic carbocycles. The van der Waals surface area contributed by atoms with Gasteiger partial charge in [0.2, 0.25) is 5.91 Å². The highest BCUT2D eigenvalue weighted by atomic mass is 19.4. The Morgan fingerprint density at radius 3 is 2.52 bits per heavy atom. The Bertz CT molecular complexity index is 844. The number of alkyl halides is 3. The van der Waals surface area contributed by atoms with Crippen LogP contribution in [0.2, 0.25) is 0 Å². The molecule has 0 spiro atoms. The van der Waals surface area contributed by atoms with Gasteiger partial charge in [-0.3, -0.25) is 14.4 Å². The lowest BCUT2D eigenvalue weighted by atomic mass is 9.78. The van der Waals surface area contributed by atoms with Crippen molar-refractivity contribution in [3.8, 4) is 0 Å². The second-order valence-electron chi connectivity index (χ2n) is 8.85. The molecule has 10 heteroatoms. The highest BCUT2D eigenvalue weighted by Crippen LogP contribution is 2.32. The quantitative estimate of drug-likeness (QED) is 0.513. The molecule has 2 amide bonds. The largest absolute Gasteiger partial charge is 0.481 e. The number of halogens is 3. The zero-order valence-electron chi connectivity index (χ0n) is 19.1. The molecule has 184 valence electrons. The first-order chi connectivity index (χ1) is 15.4. The molecule has 0 radical (unpaired) electrons. The molecule has 0 aromatic heterocycles. The Morgan fingerprint density at radius 1 is 1.21 bits per heavy atom. The summed E-state index contributed by atoms with van der Waals surface area (Å²) in [6.07, 6.45) is -1.86. The Morgan fingerprint density at radius 2 is 1.91 bits per heavy atom. The van der Waals surface area contributed by atoms with Crippen molar-refractivity contribution in [2.45, 2.75) is 70.3 Å². The first-order valence-electron chi connectivity index (χ1n) is 11.1. The van der Waals surface area contributed by atoms with Gasteiger partial charge in [0.05, 0.1) is 12.1 Å². The van der Waals surface area contributed by atoms with Gasteiger partial charge in [0.15, 0.2) is 0 Å². The highest BCUT2D eigenvalue weighted by molar-refractivity contribution is 5.96. The number of nitrogens with zero attached hydrogens (tertiary/aromatic N) is 1. The number of carboxylic acid groups (broad SMARTS) is 1. The van der Waals surface area contributed by atoms with E-state index in [1.807, 2.05) is 7.05 Å². The molecule has 0 heterocycles. The number of aliphatic carboxylic acids is 1. The van der Waals surface area contributed by atoms with E-state index in [1.165, 1.54) is 6.07 Å². The van der Waals surface area contributed by atoms with Gasteiger partial charge in [-0.25, -0.2) is 0 Å². The molecule has 2 rings (SSSR count). The van der Waals surface area contributed by atoms with Crippen molar-refractivity contribution in [2.75, 3.05) is 13.6 Å². The molecule has 1 aliphatic rings. The van der Waals surface area contributed by atoms with Gasteiger partial charge in [0, 0.05) is 30.1 Å². The number of nitrogens with one attached hydrogen (secondary N) is 2. The molecule has 3 N–H and O–H groups in total. The molecule has 3 atom stereocenters. The fraction of sp³-hybridized carbons (Fsp3) is 0.609. The number of hydrogen-bond acceptors (Lipinski definition) is 4. The Balaban J connectivity index is 1.95. The van der Waals surface area contributed by atoms with Gasteiger partial charge < -0.3 is 20.6 Å². The Labute approximate surface area is 191 Å². The van der Waals surface area contributed by atoms with Crippen LogP contribution in [0.25, 0.3) is 0 Å². The van der Waals surface area contributed by atoms with E-state index >= 15 is 0 Å². The molecule has 1 aliphatic carbocycles. The molecular weight excluding hydrogens is 439 g/mol. The fourth-order valence-electron chi connectivity index (χ4n) is 4.21. The summed E-state index contributed by atoms with van der Waals surface area (Å²) < 4.78 is 38.5. The normalized spacial score (nSPS) is 21.2. The minimum absolute atomic E-state index is 0.00142. The summed E-state index contributed by atoms with van der Waals surface area (Å²) in [4.78, 5) is 38.0. The van der Waals surface area contributed by atoms with E-state index in [0.717, 1.165) is 31.0 Å². The zero-order valence-corrected chi connectivity index (χ0v) is 19.1. The number of hydrogen-bond donors (Lipinski definition) is 3. The third kappa shape index (κ3) is 8.03. The summed E-state index contributed by atoms with van der Waals surface area (Å²) in [5.74, 6) is -2.16. The zero-order chi connectivity index (χ0) is 24.8. The van der Waals surface area contributed by atoms with Crippen molar-refractivity contribution in [1.29, 1.82) is 0 Å². The number of benzene rings is 1. The van der Waals surface area contributed by atoms with Crippen molar-refractivity contribution < 1.29 is 32.7 Å². The second-order valence-corrected chi connectivity index (χ2v) is 8.85. The summed E-state index contributed by atoms with van der Waals surface area (Å²) in [6, 6.07) is 4.40. The van der Waals surface area contributed by atoms with Crippen LogP contribution < -0.4 is 10.6 Å². The predicted octanol–water partition coefficient (Wildman–Crippen LogP) is 3.29. The Hall–Kier alpha value is -2.62. The van der Waals surface area contributed by atoms with Crippen LogP contribution in [0.4, 0.5) is 13.2 Å². The SMILES string of the molecule is CC(C)N(C)C1CCC(NC(=O)CNC(=O)c2cccc(C(F)(F)F)c2)C(CCC(=O)O)C1. The van der Waals surface area contributed by atoms with Crippen LogP contribution in [-0.2, 0) is 15.8 Å². The van der Waals surface area contributed by atoms with Crippen LogP contribution in [0, 0.1) is 5.92 Å². The maximum atomic E-state index is 12.8. The maximum absolute atomic E-state index is 12.8. The first-order valence-corrected chi connectivity index (χ1v) is 11.1. The van der Waals surface area contributed by atoms with Crippen LogP contribution in [-0.4, -0.2) is 59.5 Å². The molecule has 7 nitrogen and oxygen atoms in total. The lowest BCUT2D eigenvalue weighted by Crippen LogP contribution is -2.51. The average molecular weight is 472 g/mol. The fourth-order valence-corrected chi connectivity index (χ4v) is 4.21. The van der Waals surface area contributed by atoms with Crippen LogP contribution >= 0.6 is 0 Å². The van der Waals surface area contributed by atoms with Crippen LogP contribution in [0.15, 0.2) is 24.3 Å². The molecule has 0 saturated heterocycles. The van der Waals surface area contributed by atoms with Gasteiger partial charge in [-0.2, -0.15) is 13.2 Å². The summed E-state index contributed by atoms with van der Waals surface area (Å²) in [5, 5.41) is 14.3. The first kappa shape index (κ1) is 26.6. The molecule has 33 heavy (non-hydrogen) atoms. The lowest BCUT2D eigenvalue weighted by molar-refractivity contribution is -0.138. The van der Waals surface area contributed by atoms with Crippen molar-refractivity contribution in [3.05, 3.63) is 35.4 Å². The highest BCUT2D eigenvalue weighted by Gasteiger charge is 2.34. The lowest BCUT2D eigenvalue weighted by Gasteiger charge is -2.41. The van der Waals surface area contributed by atoms with Gasteiger partial charge in [-0.1, -0.05) is 6.07 Å². The molecule has 1 saturated carbocycles. The second kappa shape index (κ2) is 11.5. The van der Waals surface area contributed by atoms with E-state index in [2.05, 4.69) is 29.4 Å².